The van der Waals surface area contributed by atoms with E-state index in [2.05, 4.69) is 15.0 Å². The molecule has 24 heavy (non-hydrogen) atoms. The van der Waals surface area contributed by atoms with E-state index in [-0.39, 0.29) is 39.3 Å². The predicted molar refractivity (Wildman–Crippen MR) is 82.8 cm³/mol. The van der Waals surface area contributed by atoms with Crippen LogP contribution < -0.4 is 5.56 Å². The molecule has 110 valence electrons. The molecule has 3 heterocycles. The minimum atomic E-state index is -0.349. The first-order valence-corrected chi connectivity index (χ1v) is 6.77. The number of aromatic amines is 1. The Morgan fingerprint density at radius 1 is 1.00 bits per heavy atom. The van der Waals surface area contributed by atoms with Crippen LogP contribution in [0.15, 0.2) is 29.1 Å². The number of rotatable bonds is 0. The first kappa shape index (κ1) is 13.4. The van der Waals surface area contributed by atoms with Crippen LogP contribution in [-0.2, 0) is 0 Å². The Bertz CT molecular complexity index is 1360. The number of hydrogen-bond donors (Lipinski definition) is 1. The molecule has 0 aliphatic rings. The van der Waals surface area contributed by atoms with Crippen molar-refractivity contribution in [3.8, 4) is 18.2 Å². The quantitative estimate of drug-likeness (QED) is 0.520. The molecule has 0 atom stereocenters. The van der Waals surface area contributed by atoms with E-state index in [0.717, 1.165) is 0 Å². The van der Waals surface area contributed by atoms with E-state index < -0.39 is 0 Å². The molecule has 0 fully saturated rings. The van der Waals surface area contributed by atoms with Gasteiger partial charge in [-0.1, -0.05) is 12.1 Å². The normalized spacial score (nSPS) is 10.5. The highest BCUT2D eigenvalue weighted by Gasteiger charge is 2.20. The van der Waals surface area contributed by atoms with Gasteiger partial charge in [-0.3, -0.25) is 9.20 Å². The first-order valence-electron chi connectivity index (χ1n) is 6.77. The largest absolute Gasteiger partial charge is 0.306 e. The average Bonchev–Trinajstić information content (AvgIpc) is 2.92. The molecule has 1 N–H and O–H groups in total. The maximum Gasteiger partial charge on any atom is 0.258 e. The molecular weight excluding hydrogens is 306 g/mol. The molecular formula is C16H5N7O. The van der Waals surface area contributed by atoms with E-state index in [0.29, 0.717) is 10.9 Å². The Morgan fingerprint density at radius 3 is 2.42 bits per heavy atom. The molecule has 0 unspecified atom stereocenters. The highest BCUT2D eigenvalue weighted by molar-refractivity contribution is 5.94. The van der Waals surface area contributed by atoms with Gasteiger partial charge >= 0.3 is 0 Å². The van der Waals surface area contributed by atoms with Gasteiger partial charge in [-0.15, -0.1) is 0 Å². The van der Waals surface area contributed by atoms with Crippen LogP contribution >= 0.6 is 0 Å². The van der Waals surface area contributed by atoms with Gasteiger partial charge in [-0.25, -0.2) is 9.97 Å². The lowest BCUT2D eigenvalue weighted by atomic mass is 10.2. The Balaban J connectivity index is 2.41. The van der Waals surface area contributed by atoms with E-state index in [9.17, 15) is 10.1 Å². The fraction of sp³-hybridized carbons (Fsp3) is 0. The molecule has 8 heteroatoms. The Hall–Kier alpha value is -4.22. The number of H-pyrrole nitrogens is 1. The fourth-order valence-electron chi connectivity index (χ4n) is 2.73. The van der Waals surface area contributed by atoms with Crippen LogP contribution in [0.25, 0.3) is 27.7 Å². The number of nitrogens with one attached hydrogen (secondary N) is 1. The summed E-state index contributed by atoms with van der Waals surface area (Å²) in [4.78, 5) is 23.2. The second kappa shape index (κ2) is 4.64. The Labute approximate surface area is 133 Å². The summed E-state index contributed by atoms with van der Waals surface area (Å²) < 4.78 is 1.57. The Morgan fingerprint density at radius 2 is 1.71 bits per heavy atom. The minimum Gasteiger partial charge on any atom is -0.306 e. The molecule has 8 nitrogen and oxygen atoms in total. The van der Waals surface area contributed by atoms with E-state index in [4.69, 9.17) is 10.5 Å². The smallest absolute Gasteiger partial charge is 0.258 e. The third-order valence-electron chi connectivity index (χ3n) is 3.73. The molecule has 0 radical (unpaired) electrons. The molecule has 0 aliphatic heterocycles. The van der Waals surface area contributed by atoms with Gasteiger partial charge in [-0.05, 0) is 12.1 Å². The standard InChI is InChI=1S/C16H5N7O/c17-5-9-13-15(21-11(7-19)10(6-18)20-13)23-12-4-2-1-3-8(12)16(24)22-14(9)23/h1-4H,(H,22,24). The number of nitrogens with zero attached hydrogens (tertiary/aromatic N) is 6. The van der Waals surface area contributed by atoms with Crippen LogP contribution in [0.5, 0.6) is 0 Å². The number of aromatic nitrogens is 4. The second-order valence-corrected chi connectivity index (χ2v) is 4.96. The highest BCUT2D eigenvalue weighted by atomic mass is 16.1. The molecule has 4 rings (SSSR count). The van der Waals surface area contributed by atoms with Crippen molar-refractivity contribution < 1.29 is 0 Å². The average molecular weight is 311 g/mol. The molecule has 0 saturated carbocycles. The van der Waals surface area contributed by atoms with Gasteiger partial charge < -0.3 is 4.98 Å². The molecule has 3 aromatic heterocycles. The third-order valence-corrected chi connectivity index (χ3v) is 3.73. The molecule has 0 bridgehead atoms. The van der Waals surface area contributed by atoms with Crippen molar-refractivity contribution in [2.45, 2.75) is 0 Å². The van der Waals surface area contributed by atoms with Crippen molar-refractivity contribution in [2.24, 2.45) is 0 Å². The summed E-state index contributed by atoms with van der Waals surface area (Å²) in [5, 5.41) is 28.2. The lowest BCUT2D eigenvalue weighted by molar-refractivity contribution is 1.13. The maximum atomic E-state index is 12.3. The Kier molecular flexibility index (Phi) is 2.60. The summed E-state index contributed by atoms with van der Waals surface area (Å²) in [6.07, 6.45) is 0. The van der Waals surface area contributed by atoms with Gasteiger partial charge in [0.25, 0.3) is 5.56 Å². The zero-order chi connectivity index (χ0) is 16.8. The van der Waals surface area contributed by atoms with Crippen LogP contribution in [0.3, 0.4) is 0 Å². The van der Waals surface area contributed by atoms with Gasteiger partial charge in [0.15, 0.2) is 17.0 Å². The zero-order valence-electron chi connectivity index (χ0n) is 11.9. The minimum absolute atomic E-state index is 0.0985. The number of nitriles is 3. The van der Waals surface area contributed by atoms with Gasteiger partial charge in [0.1, 0.15) is 34.9 Å². The van der Waals surface area contributed by atoms with E-state index >= 15 is 0 Å². The van der Waals surface area contributed by atoms with Crippen molar-refractivity contribution in [1.29, 1.82) is 15.8 Å². The summed E-state index contributed by atoms with van der Waals surface area (Å²) in [5.41, 5.74) is 0.624. The third kappa shape index (κ3) is 1.55. The lowest BCUT2D eigenvalue weighted by Gasteiger charge is -2.03. The maximum absolute atomic E-state index is 12.3. The number of hydrogen-bond acceptors (Lipinski definition) is 6. The van der Waals surface area contributed by atoms with Gasteiger partial charge in [0.2, 0.25) is 0 Å². The summed E-state index contributed by atoms with van der Waals surface area (Å²) in [6, 6.07) is 12.4. The number of fused-ring (bicyclic) bond motifs is 5. The highest BCUT2D eigenvalue weighted by Crippen LogP contribution is 2.25. The topological polar surface area (TPSA) is 134 Å². The van der Waals surface area contributed by atoms with Crippen LogP contribution in [0.1, 0.15) is 17.0 Å². The summed E-state index contributed by atoms with van der Waals surface area (Å²) >= 11 is 0. The van der Waals surface area contributed by atoms with Crippen molar-refractivity contribution in [3.63, 3.8) is 0 Å². The van der Waals surface area contributed by atoms with E-state index in [1.165, 1.54) is 0 Å². The number of para-hydroxylation sites is 1. The number of benzene rings is 1. The molecule has 0 spiro atoms. The SMILES string of the molecule is N#Cc1nc2c(C#N)c3[nH]c(=O)c4ccccc4n3c2nc1C#N. The van der Waals surface area contributed by atoms with E-state index in [1.807, 2.05) is 12.1 Å². The van der Waals surface area contributed by atoms with Crippen LogP contribution in [0.2, 0.25) is 0 Å². The molecule has 0 amide bonds. The van der Waals surface area contributed by atoms with Crippen molar-refractivity contribution in [3.05, 3.63) is 51.6 Å². The lowest BCUT2D eigenvalue weighted by Crippen LogP contribution is -2.10. The van der Waals surface area contributed by atoms with Crippen molar-refractivity contribution in [1.82, 2.24) is 19.4 Å². The monoisotopic (exact) mass is 311 g/mol. The van der Waals surface area contributed by atoms with Crippen LogP contribution in [0.4, 0.5) is 0 Å². The fourth-order valence-corrected chi connectivity index (χ4v) is 2.73. The molecule has 4 aromatic rings. The van der Waals surface area contributed by atoms with Crippen molar-refractivity contribution in [2.75, 3.05) is 0 Å². The van der Waals surface area contributed by atoms with E-state index in [1.54, 1.807) is 34.7 Å². The molecule has 1 aromatic carbocycles. The van der Waals surface area contributed by atoms with Gasteiger partial charge in [0.05, 0.1) is 10.9 Å². The van der Waals surface area contributed by atoms with Gasteiger partial charge in [-0.2, -0.15) is 15.8 Å². The van der Waals surface area contributed by atoms with Crippen LogP contribution in [0, 0.1) is 34.0 Å². The van der Waals surface area contributed by atoms with Crippen LogP contribution in [-0.4, -0.2) is 19.4 Å². The summed E-state index contributed by atoms with van der Waals surface area (Å²) in [7, 11) is 0. The summed E-state index contributed by atoms with van der Waals surface area (Å²) in [6.45, 7) is 0. The second-order valence-electron chi connectivity index (χ2n) is 4.96. The molecule has 0 saturated heterocycles. The molecule has 0 aliphatic carbocycles. The summed E-state index contributed by atoms with van der Waals surface area (Å²) in [5.74, 6) is 0. The first-order chi connectivity index (χ1) is 11.7. The predicted octanol–water partition coefficient (Wildman–Crippen LogP) is 1.34. The zero-order valence-corrected chi connectivity index (χ0v) is 11.9. The van der Waals surface area contributed by atoms with Crippen molar-refractivity contribution >= 4 is 27.7 Å². The van der Waals surface area contributed by atoms with Gasteiger partial charge in [0, 0.05) is 0 Å².